The van der Waals surface area contributed by atoms with Gasteiger partial charge in [0.2, 0.25) is 5.91 Å². The van der Waals surface area contributed by atoms with Gasteiger partial charge in [0, 0.05) is 17.7 Å². The second kappa shape index (κ2) is 9.22. The summed E-state index contributed by atoms with van der Waals surface area (Å²) in [6, 6.07) is 11.2. The lowest BCUT2D eigenvalue weighted by atomic mass is 10.0. The molecular formula is C23H24ClN3O4. The summed E-state index contributed by atoms with van der Waals surface area (Å²) in [5.74, 6) is 0.362. The number of carbonyl (C=O) groups is 1. The first-order chi connectivity index (χ1) is 14.7. The van der Waals surface area contributed by atoms with E-state index in [-0.39, 0.29) is 5.56 Å². The van der Waals surface area contributed by atoms with Gasteiger partial charge in [0.25, 0.3) is 5.56 Å². The summed E-state index contributed by atoms with van der Waals surface area (Å²) in [6.07, 6.45) is 0. The normalized spacial score (nSPS) is 11.7. The van der Waals surface area contributed by atoms with Gasteiger partial charge in [0.1, 0.15) is 17.5 Å². The molecular weight excluding hydrogens is 418 g/mol. The maximum atomic E-state index is 12.9. The zero-order valence-corrected chi connectivity index (χ0v) is 18.8. The molecule has 7 nitrogen and oxygen atoms in total. The number of carbonyl (C=O) groups excluding carboxylic acids is 1. The number of benzene rings is 2. The molecule has 1 N–H and O–H groups in total. The Bertz CT molecular complexity index is 1190. The van der Waals surface area contributed by atoms with Gasteiger partial charge in [-0.2, -0.15) is 5.10 Å². The number of nitrogens with zero attached hydrogens (tertiary/aromatic N) is 2. The summed E-state index contributed by atoms with van der Waals surface area (Å²) >= 11 is 6.18. The molecule has 1 heterocycles. The number of rotatable bonds is 6. The van der Waals surface area contributed by atoms with E-state index < -0.39 is 11.9 Å². The molecule has 0 aliphatic heterocycles. The molecule has 0 saturated heterocycles. The largest absolute Gasteiger partial charge is 0.495 e. The maximum Gasteiger partial charge on any atom is 0.267 e. The van der Waals surface area contributed by atoms with Crippen molar-refractivity contribution in [1.29, 1.82) is 0 Å². The molecule has 0 aliphatic rings. The van der Waals surface area contributed by atoms with Crippen LogP contribution in [0.1, 0.15) is 24.1 Å². The molecule has 8 heteroatoms. The van der Waals surface area contributed by atoms with Crippen LogP contribution in [0.25, 0.3) is 11.3 Å². The Hall–Kier alpha value is -3.32. The number of anilines is 1. The lowest BCUT2D eigenvalue weighted by molar-refractivity contribution is -0.119. The van der Waals surface area contributed by atoms with Crippen LogP contribution in [-0.2, 0) is 4.79 Å². The number of amides is 1. The van der Waals surface area contributed by atoms with E-state index in [1.165, 1.54) is 26.4 Å². The predicted octanol–water partition coefficient (Wildman–Crippen LogP) is 4.40. The van der Waals surface area contributed by atoms with Gasteiger partial charge in [-0.25, -0.2) is 4.68 Å². The van der Waals surface area contributed by atoms with Crippen molar-refractivity contribution in [2.75, 3.05) is 19.5 Å². The van der Waals surface area contributed by atoms with Crippen LogP contribution in [0.5, 0.6) is 11.5 Å². The first kappa shape index (κ1) is 22.4. The highest BCUT2D eigenvalue weighted by atomic mass is 35.5. The van der Waals surface area contributed by atoms with Gasteiger partial charge in [0.15, 0.2) is 0 Å². The van der Waals surface area contributed by atoms with Gasteiger partial charge < -0.3 is 14.8 Å². The third-order valence-electron chi connectivity index (χ3n) is 5.11. The van der Waals surface area contributed by atoms with Crippen molar-refractivity contribution in [3.63, 3.8) is 0 Å². The second-order valence-electron chi connectivity index (χ2n) is 7.15. The van der Waals surface area contributed by atoms with Crippen LogP contribution >= 0.6 is 11.6 Å². The van der Waals surface area contributed by atoms with Crippen LogP contribution in [0.15, 0.2) is 47.3 Å². The standard InChI is InChI=1S/C23H24ClN3O4/c1-13-6-7-16(10-14(13)2)18-8-9-22(28)27(26-18)15(3)23(29)25-19-11-17(24)20(30-4)12-21(19)31-5/h6-12,15H,1-5H3,(H,25,29)/t15-/m0/s1. The third-order valence-corrected chi connectivity index (χ3v) is 5.40. The Kier molecular flexibility index (Phi) is 6.65. The molecule has 2 aromatic carbocycles. The molecule has 0 spiro atoms. The lowest BCUT2D eigenvalue weighted by Crippen LogP contribution is -2.33. The van der Waals surface area contributed by atoms with Crippen molar-refractivity contribution in [2.24, 2.45) is 0 Å². The average molecular weight is 442 g/mol. The number of ether oxygens (including phenoxy) is 2. The van der Waals surface area contributed by atoms with E-state index in [4.69, 9.17) is 21.1 Å². The van der Waals surface area contributed by atoms with E-state index >= 15 is 0 Å². The van der Waals surface area contributed by atoms with Crippen LogP contribution in [0.3, 0.4) is 0 Å². The number of hydrogen-bond acceptors (Lipinski definition) is 5. The zero-order chi connectivity index (χ0) is 22.7. The Labute approximate surface area is 185 Å². The number of halogens is 1. The van der Waals surface area contributed by atoms with Crippen molar-refractivity contribution < 1.29 is 14.3 Å². The van der Waals surface area contributed by atoms with Crippen LogP contribution in [0.2, 0.25) is 5.02 Å². The highest BCUT2D eigenvalue weighted by Crippen LogP contribution is 2.36. The SMILES string of the molecule is COc1cc(OC)c(NC(=O)[C@H](C)n2nc(-c3ccc(C)c(C)c3)ccc2=O)cc1Cl. The van der Waals surface area contributed by atoms with Gasteiger partial charge >= 0.3 is 0 Å². The fourth-order valence-electron chi connectivity index (χ4n) is 3.06. The minimum absolute atomic E-state index is 0.318. The maximum absolute atomic E-state index is 12.9. The minimum Gasteiger partial charge on any atom is -0.495 e. The molecule has 0 aliphatic carbocycles. The van der Waals surface area contributed by atoms with Crippen molar-refractivity contribution in [3.05, 3.63) is 69.0 Å². The molecule has 0 saturated carbocycles. The van der Waals surface area contributed by atoms with Crippen molar-refractivity contribution in [1.82, 2.24) is 9.78 Å². The third kappa shape index (κ3) is 4.72. The highest BCUT2D eigenvalue weighted by Gasteiger charge is 2.21. The summed E-state index contributed by atoms with van der Waals surface area (Å²) in [6.45, 7) is 5.64. The Morgan fingerprint density at radius 2 is 1.74 bits per heavy atom. The zero-order valence-electron chi connectivity index (χ0n) is 18.0. The van der Waals surface area contributed by atoms with E-state index in [9.17, 15) is 9.59 Å². The first-order valence-electron chi connectivity index (χ1n) is 9.65. The molecule has 1 atom stereocenters. The van der Waals surface area contributed by atoms with E-state index in [1.807, 2.05) is 32.0 Å². The summed E-state index contributed by atoms with van der Waals surface area (Å²) in [4.78, 5) is 25.3. The van der Waals surface area contributed by atoms with Crippen molar-refractivity contribution >= 4 is 23.2 Å². The second-order valence-corrected chi connectivity index (χ2v) is 7.56. The molecule has 162 valence electrons. The summed E-state index contributed by atoms with van der Waals surface area (Å²) in [5, 5.41) is 7.50. The fraction of sp³-hybridized carbons (Fsp3) is 0.261. The first-order valence-corrected chi connectivity index (χ1v) is 10.0. The van der Waals surface area contributed by atoms with Crippen LogP contribution in [-0.4, -0.2) is 29.9 Å². The topological polar surface area (TPSA) is 82.4 Å². The molecule has 0 bridgehead atoms. The summed E-state index contributed by atoms with van der Waals surface area (Å²) in [7, 11) is 2.96. The number of aryl methyl sites for hydroxylation is 2. The Morgan fingerprint density at radius 3 is 2.39 bits per heavy atom. The fourth-order valence-corrected chi connectivity index (χ4v) is 3.30. The Morgan fingerprint density at radius 1 is 1.03 bits per heavy atom. The van der Waals surface area contributed by atoms with E-state index in [0.29, 0.717) is 27.9 Å². The van der Waals surface area contributed by atoms with Gasteiger partial charge in [0.05, 0.1) is 30.6 Å². The molecule has 3 rings (SSSR count). The van der Waals surface area contributed by atoms with Crippen LogP contribution in [0, 0.1) is 13.8 Å². The van der Waals surface area contributed by atoms with Crippen LogP contribution in [0.4, 0.5) is 5.69 Å². The smallest absolute Gasteiger partial charge is 0.267 e. The van der Waals surface area contributed by atoms with Crippen molar-refractivity contribution in [2.45, 2.75) is 26.8 Å². The van der Waals surface area contributed by atoms with Gasteiger partial charge in [-0.05, 0) is 50.1 Å². The highest BCUT2D eigenvalue weighted by molar-refractivity contribution is 6.32. The molecule has 1 aromatic heterocycles. The number of nitrogens with one attached hydrogen (secondary N) is 1. The number of hydrogen-bond donors (Lipinski definition) is 1. The van der Waals surface area contributed by atoms with Crippen molar-refractivity contribution in [3.8, 4) is 22.8 Å². The van der Waals surface area contributed by atoms with Gasteiger partial charge in [-0.15, -0.1) is 0 Å². The Balaban J connectivity index is 1.91. The summed E-state index contributed by atoms with van der Waals surface area (Å²) < 4.78 is 11.6. The van der Waals surface area contributed by atoms with E-state index in [2.05, 4.69) is 10.4 Å². The molecule has 0 radical (unpaired) electrons. The lowest BCUT2D eigenvalue weighted by Gasteiger charge is -2.17. The molecule has 31 heavy (non-hydrogen) atoms. The molecule has 1 amide bonds. The van der Waals surface area contributed by atoms with Gasteiger partial charge in [-0.3, -0.25) is 9.59 Å². The molecule has 3 aromatic rings. The monoisotopic (exact) mass is 441 g/mol. The molecule has 0 unspecified atom stereocenters. The number of aromatic nitrogens is 2. The number of methoxy groups -OCH3 is 2. The average Bonchev–Trinajstić information content (AvgIpc) is 2.75. The quantitative estimate of drug-likeness (QED) is 0.613. The van der Waals surface area contributed by atoms with Crippen LogP contribution < -0.4 is 20.3 Å². The summed E-state index contributed by atoms with van der Waals surface area (Å²) in [5.41, 5.74) is 3.74. The van der Waals surface area contributed by atoms with E-state index in [1.54, 1.807) is 19.1 Å². The van der Waals surface area contributed by atoms with E-state index in [0.717, 1.165) is 21.4 Å². The van der Waals surface area contributed by atoms with Gasteiger partial charge in [-0.1, -0.05) is 23.7 Å². The molecule has 0 fully saturated rings. The minimum atomic E-state index is -0.871. The predicted molar refractivity (Wildman–Crippen MR) is 121 cm³/mol.